The second-order valence-electron chi connectivity index (χ2n) is 3.11. The SMILES string of the molecule is CCN(C)C(=O)Cn1ccc(=O)cc1. The minimum atomic E-state index is -0.0439. The van der Waals surface area contributed by atoms with E-state index in [1.165, 1.54) is 12.1 Å². The molecule has 0 aliphatic carbocycles. The topological polar surface area (TPSA) is 42.3 Å². The lowest BCUT2D eigenvalue weighted by molar-refractivity contribution is -0.130. The lowest BCUT2D eigenvalue weighted by atomic mass is 10.4. The van der Waals surface area contributed by atoms with Crippen molar-refractivity contribution >= 4 is 5.91 Å². The average Bonchev–Trinajstić information content (AvgIpc) is 2.20. The van der Waals surface area contributed by atoms with Gasteiger partial charge in [-0.15, -0.1) is 0 Å². The van der Waals surface area contributed by atoms with E-state index in [0.717, 1.165) is 0 Å². The number of rotatable bonds is 3. The number of carbonyl (C=O) groups excluding carboxylic acids is 1. The van der Waals surface area contributed by atoms with E-state index >= 15 is 0 Å². The summed E-state index contributed by atoms with van der Waals surface area (Å²) in [7, 11) is 1.75. The van der Waals surface area contributed by atoms with Crippen LogP contribution in [0.15, 0.2) is 29.3 Å². The molecule has 0 radical (unpaired) electrons. The summed E-state index contributed by atoms with van der Waals surface area (Å²) in [5.41, 5.74) is -0.0439. The van der Waals surface area contributed by atoms with Gasteiger partial charge in [0.1, 0.15) is 6.54 Å². The number of amides is 1. The lowest BCUT2D eigenvalue weighted by Gasteiger charge is -2.15. The van der Waals surface area contributed by atoms with Gasteiger partial charge in [-0.05, 0) is 6.92 Å². The molecule has 0 fully saturated rings. The van der Waals surface area contributed by atoms with Crippen LogP contribution in [0.4, 0.5) is 0 Å². The van der Waals surface area contributed by atoms with Gasteiger partial charge in [-0.2, -0.15) is 0 Å². The van der Waals surface area contributed by atoms with Gasteiger partial charge in [0.05, 0.1) is 0 Å². The highest BCUT2D eigenvalue weighted by Crippen LogP contribution is 1.90. The smallest absolute Gasteiger partial charge is 0.242 e. The van der Waals surface area contributed by atoms with Crippen LogP contribution in [-0.4, -0.2) is 29.0 Å². The fourth-order valence-corrected chi connectivity index (χ4v) is 1.00. The Balaban J connectivity index is 2.65. The molecule has 0 aliphatic heterocycles. The third-order valence-corrected chi connectivity index (χ3v) is 2.08. The van der Waals surface area contributed by atoms with E-state index in [-0.39, 0.29) is 17.9 Å². The molecule has 1 heterocycles. The van der Waals surface area contributed by atoms with Crippen molar-refractivity contribution in [2.75, 3.05) is 13.6 Å². The molecule has 14 heavy (non-hydrogen) atoms. The Hall–Kier alpha value is -1.58. The molecule has 76 valence electrons. The van der Waals surface area contributed by atoms with E-state index in [0.29, 0.717) is 6.54 Å². The zero-order valence-corrected chi connectivity index (χ0v) is 8.43. The summed E-state index contributed by atoms with van der Waals surface area (Å²) in [5.74, 6) is 0.0381. The number of likely N-dealkylation sites (N-methyl/N-ethyl adjacent to an activating group) is 1. The fraction of sp³-hybridized carbons (Fsp3) is 0.400. The predicted molar refractivity (Wildman–Crippen MR) is 54.0 cm³/mol. The highest BCUT2D eigenvalue weighted by Gasteiger charge is 2.05. The van der Waals surface area contributed by atoms with Gasteiger partial charge in [0.15, 0.2) is 5.43 Å². The van der Waals surface area contributed by atoms with Crippen LogP contribution in [0, 0.1) is 0 Å². The molecule has 1 rings (SSSR count). The van der Waals surface area contributed by atoms with Crippen LogP contribution in [-0.2, 0) is 11.3 Å². The summed E-state index contributed by atoms with van der Waals surface area (Å²) < 4.78 is 1.69. The maximum atomic E-state index is 11.5. The van der Waals surface area contributed by atoms with Crippen LogP contribution in [0.5, 0.6) is 0 Å². The molecule has 0 unspecified atom stereocenters. The number of hydrogen-bond donors (Lipinski definition) is 0. The van der Waals surface area contributed by atoms with Crippen LogP contribution in [0.1, 0.15) is 6.92 Å². The molecule has 0 aromatic carbocycles. The van der Waals surface area contributed by atoms with Crippen LogP contribution in [0.25, 0.3) is 0 Å². The minimum Gasteiger partial charge on any atom is -0.345 e. The van der Waals surface area contributed by atoms with E-state index in [4.69, 9.17) is 0 Å². The first-order valence-corrected chi connectivity index (χ1v) is 4.53. The molecular weight excluding hydrogens is 180 g/mol. The maximum absolute atomic E-state index is 11.5. The molecule has 0 saturated heterocycles. The highest BCUT2D eigenvalue weighted by molar-refractivity contribution is 5.75. The van der Waals surface area contributed by atoms with Crippen LogP contribution < -0.4 is 5.43 Å². The van der Waals surface area contributed by atoms with Crippen molar-refractivity contribution in [1.82, 2.24) is 9.47 Å². The van der Waals surface area contributed by atoms with Crippen molar-refractivity contribution < 1.29 is 4.79 Å². The molecular formula is C10H14N2O2. The van der Waals surface area contributed by atoms with Gasteiger partial charge in [0.2, 0.25) is 5.91 Å². The third-order valence-electron chi connectivity index (χ3n) is 2.08. The first-order valence-electron chi connectivity index (χ1n) is 4.53. The summed E-state index contributed by atoms with van der Waals surface area (Å²) in [6.45, 7) is 2.90. The molecule has 1 amide bonds. The minimum absolute atomic E-state index is 0.0381. The normalized spacial score (nSPS) is 9.86. The fourth-order valence-electron chi connectivity index (χ4n) is 1.00. The summed E-state index contributed by atoms with van der Waals surface area (Å²) in [5, 5.41) is 0. The van der Waals surface area contributed by atoms with Crippen LogP contribution >= 0.6 is 0 Å². The summed E-state index contributed by atoms with van der Waals surface area (Å²) in [6, 6.07) is 2.89. The Kier molecular flexibility index (Phi) is 3.45. The van der Waals surface area contributed by atoms with E-state index < -0.39 is 0 Å². The summed E-state index contributed by atoms with van der Waals surface area (Å²) >= 11 is 0. The van der Waals surface area contributed by atoms with E-state index in [2.05, 4.69) is 0 Å². The standard InChI is InChI=1S/C10H14N2O2/c1-3-11(2)10(14)8-12-6-4-9(13)5-7-12/h4-7H,3,8H2,1-2H3. The van der Waals surface area contributed by atoms with E-state index in [9.17, 15) is 9.59 Å². The van der Waals surface area contributed by atoms with E-state index in [1.54, 1.807) is 28.9 Å². The largest absolute Gasteiger partial charge is 0.345 e. The molecule has 0 atom stereocenters. The Morgan fingerprint density at radius 1 is 1.43 bits per heavy atom. The Morgan fingerprint density at radius 3 is 2.50 bits per heavy atom. The van der Waals surface area contributed by atoms with Crippen molar-refractivity contribution in [3.05, 3.63) is 34.7 Å². The zero-order valence-electron chi connectivity index (χ0n) is 8.43. The summed E-state index contributed by atoms with van der Waals surface area (Å²) in [6.07, 6.45) is 3.23. The number of aromatic nitrogens is 1. The van der Waals surface area contributed by atoms with Gasteiger partial charge < -0.3 is 9.47 Å². The zero-order chi connectivity index (χ0) is 10.6. The highest BCUT2D eigenvalue weighted by atomic mass is 16.2. The molecule has 1 aromatic heterocycles. The summed E-state index contributed by atoms with van der Waals surface area (Å²) in [4.78, 5) is 23.9. The van der Waals surface area contributed by atoms with Crippen LogP contribution in [0.2, 0.25) is 0 Å². The van der Waals surface area contributed by atoms with Gasteiger partial charge in [-0.25, -0.2) is 0 Å². The van der Waals surface area contributed by atoms with Gasteiger partial charge in [-0.3, -0.25) is 9.59 Å². The van der Waals surface area contributed by atoms with E-state index in [1.807, 2.05) is 6.92 Å². The Labute approximate surface area is 82.8 Å². The number of nitrogens with zero attached hydrogens (tertiary/aromatic N) is 2. The predicted octanol–water partition coefficient (Wildman–Crippen LogP) is 0.327. The Bertz CT molecular complexity index is 350. The quantitative estimate of drug-likeness (QED) is 0.695. The van der Waals surface area contributed by atoms with Crippen molar-refractivity contribution in [3.63, 3.8) is 0 Å². The molecule has 0 aliphatic rings. The average molecular weight is 194 g/mol. The van der Waals surface area contributed by atoms with Gasteiger partial charge in [0, 0.05) is 38.1 Å². The molecule has 0 N–H and O–H groups in total. The molecule has 4 nitrogen and oxygen atoms in total. The molecule has 0 spiro atoms. The Morgan fingerprint density at radius 2 is 2.00 bits per heavy atom. The van der Waals surface area contributed by atoms with Crippen LogP contribution in [0.3, 0.4) is 0 Å². The lowest BCUT2D eigenvalue weighted by Crippen LogP contribution is -2.29. The first kappa shape index (κ1) is 10.5. The molecule has 0 saturated carbocycles. The monoisotopic (exact) mass is 194 g/mol. The molecule has 0 bridgehead atoms. The molecule has 4 heteroatoms. The van der Waals surface area contributed by atoms with Gasteiger partial charge in [-0.1, -0.05) is 0 Å². The third kappa shape index (κ3) is 2.73. The van der Waals surface area contributed by atoms with Crippen molar-refractivity contribution in [3.8, 4) is 0 Å². The number of carbonyl (C=O) groups is 1. The van der Waals surface area contributed by atoms with Crippen molar-refractivity contribution in [1.29, 1.82) is 0 Å². The molecule has 1 aromatic rings. The van der Waals surface area contributed by atoms with Gasteiger partial charge in [0.25, 0.3) is 0 Å². The number of pyridine rings is 1. The number of hydrogen-bond acceptors (Lipinski definition) is 2. The van der Waals surface area contributed by atoms with Gasteiger partial charge >= 0.3 is 0 Å². The second-order valence-corrected chi connectivity index (χ2v) is 3.11. The second kappa shape index (κ2) is 4.60. The first-order chi connectivity index (χ1) is 6.63. The maximum Gasteiger partial charge on any atom is 0.242 e. The van der Waals surface area contributed by atoms with Crippen molar-refractivity contribution in [2.24, 2.45) is 0 Å². The van der Waals surface area contributed by atoms with Crippen molar-refractivity contribution in [2.45, 2.75) is 13.5 Å².